The van der Waals surface area contributed by atoms with Crippen LogP contribution < -0.4 is 5.32 Å². The van der Waals surface area contributed by atoms with Crippen LogP contribution in [0, 0.1) is 11.8 Å². The predicted octanol–water partition coefficient (Wildman–Crippen LogP) is 4.04. The quantitative estimate of drug-likeness (QED) is 0.849. The smallest absolute Gasteiger partial charge is 0.0543 e. The van der Waals surface area contributed by atoms with Crippen LogP contribution in [0.3, 0.4) is 0 Å². The van der Waals surface area contributed by atoms with E-state index in [0.717, 1.165) is 29.8 Å². The van der Waals surface area contributed by atoms with Crippen molar-refractivity contribution in [2.45, 2.75) is 50.7 Å². The molecule has 2 aliphatic carbocycles. The molecule has 3 heteroatoms. The van der Waals surface area contributed by atoms with E-state index >= 15 is 0 Å². The van der Waals surface area contributed by atoms with Gasteiger partial charge in [0.2, 0.25) is 0 Å². The number of hydrogen-bond acceptors (Lipinski definition) is 2. The Morgan fingerprint density at radius 3 is 2.55 bits per heavy atom. The minimum absolute atomic E-state index is 0.0670. The van der Waals surface area contributed by atoms with Crippen LogP contribution >= 0.6 is 15.9 Å². The highest BCUT2D eigenvalue weighted by molar-refractivity contribution is 9.10. The minimum Gasteiger partial charge on any atom is -0.393 e. The summed E-state index contributed by atoms with van der Waals surface area (Å²) in [5, 5.41) is 13.6. The van der Waals surface area contributed by atoms with Gasteiger partial charge in [-0.2, -0.15) is 0 Å². The summed E-state index contributed by atoms with van der Waals surface area (Å²) in [4.78, 5) is 0. The molecule has 0 aromatic heterocycles. The average molecular weight is 338 g/mol. The third kappa shape index (κ3) is 3.84. The molecule has 2 saturated carbocycles. The van der Waals surface area contributed by atoms with Gasteiger partial charge in [0.05, 0.1) is 6.10 Å². The van der Waals surface area contributed by atoms with E-state index in [-0.39, 0.29) is 6.10 Å². The fourth-order valence-corrected chi connectivity index (χ4v) is 3.66. The Kier molecular flexibility index (Phi) is 4.79. The molecule has 1 aromatic carbocycles. The summed E-state index contributed by atoms with van der Waals surface area (Å²) in [5.41, 5.74) is 1.41. The number of benzene rings is 1. The fourth-order valence-electron chi connectivity index (χ4n) is 3.40. The number of hydrogen-bond donors (Lipinski definition) is 2. The first-order valence-corrected chi connectivity index (χ1v) is 8.68. The Bertz CT molecular complexity index is 429. The molecule has 0 bridgehead atoms. The summed E-state index contributed by atoms with van der Waals surface area (Å²) in [6, 6.07) is 9.24. The second-order valence-corrected chi connectivity index (χ2v) is 7.38. The Labute approximate surface area is 130 Å². The topological polar surface area (TPSA) is 32.3 Å². The molecule has 0 amide bonds. The number of aliphatic hydroxyl groups is 1. The molecule has 0 aliphatic heterocycles. The lowest BCUT2D eigenvalue weighted by Crippen LogP contribution is -2.32. The van der Waals surface area contributed by atoms with Gasteiger partial charge in [0, 0.05) is 10.5 Å². The molecule has 3 atom stereocenters. The SMILES string of the molecule is O[C@@H]1CCC[C@H](CN[C@H](c2ccc(Br)cc2)C2CC2)C1. The Morgan fingerprint density at radius 1 is 1.15 bits per heavy atom. The molecule has 0 radical (unpaired) electrons. The van der Waals surface area contributed by atoms with E-state index < -0.39 is 0 Å². The first-order chi connectivity index (χ1) is 9.72. The van der Waals surface area contributed by atoms with E-state index in [4.69, 9.17) is 0 Å². The monoisotopic (exact) mass is 337 g/mol. The molecule has 1 aromatic rings. The Balaban J connectivity index is 1.59. The molecule has 2 fully saturated rings. The highest BCUT2D eigenvalue weighted by atomic mass is 79.9. The van der Waals surface area contributed by atoms with E-state index in [2.05, 4.69) is 45.5 Å². The molecular formula is C17H24BrNO. The van der Waals surface area contributed by atoms with Gasteiger partial charge in [0.1, 0.15) is 0 Å². The van der Waals surface area contributed by atoms with Crippen molar-refractivity contribution in [3.63, 3.8) is 0 Å². The molecule has 2 aliphatic rings. The van der Waals surface area contributed by atoms with Crippen molar-refractivity contribution in [1.82, 2.24) is 5.32 Å². The van der Waals surface area contributed by atoms with Gasteiger partial charge < -0.3 is 10.4 Å². The number of aliphatic hydroxyl groups excluding tert-OH is 1. The number of rotatable bonds is 5. The lowest BCUT2D eigenvalue weighted by atomic mass is 9.87. The van der Waals surface area contributed by atoms with Gasteiger partial charge in [-0.15, -0.1) is 0 Å². The molecule has 2 N–H and O–H groups in total. The Morgan fingerprint density at radius 2 is 1.90 bits per heavy atom. The van der Waals surface area contributed by atoms with Gasteiger partial charge in [-0.05, 0) is 68.2 Å². The van der Waals surface area contributed by atoms with Crippen molar-refractivity contribution in [2.24, 2.45) is 11.8 Å². The van der Waals surface area contributed by atoms with Crippen LogP contribution in [-0.4, -0.2) is 17.8 Å². The molecule has 3 rings (SSSR count). The van der Waals surface area contributed by atoms with E-state index in [9.17, 15) is 5.11 Å². The van der Waals surface area contributed by atoms with E-state index in [1.807, 2.05) is 0 Å². The first kappa shape index (κ1) is 14.6. The summed E-state index contributed by atoms with van der Waals surface area (Å²) in [6.07, 6.45) is 7.05. The van der Waals surface area contributed by atoms with Gasteiger partial charge in [-0.1, -0.05) is 34.5 Å². The maximum Gasteiger partial charge on any atom is 0.0543 e. The highest BCUT2D eigenvalue weighted by Gasteiger charge is 2.32. The van der Waals surface area contributed by atoms with Gasteiger partial charge in [-0.25, -0.2) is 0 Å². The first-order valence-electron chi connectivity index (χ1n) is 7.89. The van der Waals surface area contributed by atoms with E-state index in [1.165, 1.54) is 31.2 Å². The predicted molar refractivity (Wildman–Crippen MR) is 85.6 cm³/mol. The summed E-state index contributed by atoms with van der Waals surface area (Å²) >= 11 is 3.51. The zero-order valence-corrected chi connectivity index (χ0v) is 13.5. The standard InChI is InChI=1S/C17H24BrNO/c18-15-8-6-14(7-9-15)17(13-4-5-13)19-11-12-2-1-3-16(20)10-12/h6-9,12-13,16-17,19-20H,1-5,10-11H2/t12-,16+,17-/m0/s1. The zero-order chi connectivity index (χ0) is 13.9. The van der Waals surface area contributed by atoms with Gasteiger partial charge in [0.15, 0.2) is 0 Å². The maximum atomic E-state index is 9.78. The third-order valence-electron chi connectivity index (χ3n) is 4.70. The summed E-state index contributed by atoms with van der Waals surface area (Å²) in [7, 11) is 0. The van der Waals surface area contributed by atoms with Crippen LogP contribution in [0.15, 0.2) is 28.7 Å². The second-order valence-electron chi connectivity index (χ2n) is 6.46. The van der Waals surface area contributed by atoms with Crippen molar-refractivity contribution in [2.75, 3.05) is 6.54 Å². The van der Waals surface area contributed by atoms with Crippen molar-refractivity contribution < 1.29 is 5.11 Å². The van der Waals surface area contributed by atoms with Crippen molar-refractivity contribution in [3.8, 4) is 0 Å². The van der Waals surface area contributed by atoms with Gasteiger partial charge in [-0.3, -0.25) is 0 Å². The summed E-state index contributed by atoms with van der Waals surface area (Å²) in [5.74, 6) is 1.46. The molecule has 0 spiro atoms. The largest absolute Gasteiger partial charge is 0.393 e. The highest BCUT2D eigenvalue weighted by Crippen LogP contribution is 2.41. The van der Waals surface area contributed by atoms with Crippen LogP contribution in [0.1, 0.15) is 50.1 Å². The van der Waals surface area contributed by atoms with Crippen molar-refractivity contribution >= 4 is 15.9 Å². The molecule has 0 unspecified atom stereocenters. The minimum atomic E-state index is -0.0670. The van der Waals surface area contributed by atoms with Crippen molar-refractivity contribution in [1.29, 1.82) is 0 Å². The second kappa shape index (κ2) is 6.59. The van der Waals surface area contributed by atoms with Crippen LogP contribution in [0.2, 0.25) is 0 Å². The Hall–Kier alpha value is -0.380. The normalized spacial score (nSPS) is 28.3. The number of nitrogens with one attached hydrogen (secondary N) is 1. The van der Waals surface area contributed by atoms with E-state index in [0.29, 0.717) is 12.0 Å². The maximum absolute atomic E-state index is 9.78. The third-order valence-corrected chi connectivity index (χ3v) is 5.23. The van der Waals surface area contributed by atoms with Crippen LogP contribution in [0.25, 0.3) is 0 Å². The average Bonchev–Trinajstić information content (AvgIpc) is 3.26. The molecular weight excluding hydrogens is 314 g/mol. The zero-order valence-electron chi connectivity index (χ0n) is 11.9. The molecule has 2 nitrogen and oxygen atoms in total. The van der Waals surface area contributed by atoms with E-state index in [1.54, 1.807) is 0 Å². The van der Waals surface area contributed by atoms with Gasteiger partial charge in [0.25, 0.3) is 0 Å². The molecule has 20 heavy (non-hydrogen) atoms. The fraction of sp³-hybridized carbons (Fsp3) is 0.647. The van der Waals surface area contributed by atoms with Crippen LogP contribution in [-0.2, 0) is 0 Å². The van der Waals surface area contributed by atoms with Gasteiger partial charge >= 0.3 is 0 Å². The molecule has 0 saturated heterocycles. The summed E-state index contributed by atoms with van der Waals surface area (Å²) < 4.78 is 1.14. The number of halogens is 1. The molecule has 110 valence electrons. The van der Waals surface area contributed by atoms with Crippen LogP contribution in [0.5, 0.6) is 0 Å². The molecule has 0 heterocycles. The van der Waals surface area contributed by atoms with Crippen molar-refractivity contribution in [3.05, 3.63) is 34.3 Å². The lowest BCUT2D eigenvalue weighted by molar-refractivity contribution is 0.0993. The van der Waals surface area contributed by atoms with Crippen LogP contribution in [0.4, 0.5) is 0 Å². The lowest BCUT2D eigenvalue weighted by Gasteiger charge is -2.28. The summed E-state index contributed by atoms with van der Waals surface area (Å²) in [6.45, 7) is 1.05.